The van der Waals surface area contributed by atoms with E-state index in [2.05, 4.69) is 19.8 Å². The molecule has 2 aromatic rings. The zero-order chi connectivity index (χ0) is 17.1. The van der Waals surface area contributed by atoms with E-state index in [0.717, 1.165) is 31.7 Å². The van der Waals surface area contributed by atoms with Gasteiger partial charge in [0.05, 0.1) is 26.4 Å². The Hall–Kier alpha value is -2.45. The zero-order valence-corrected chi connectivity index (χ0v) is 14.0. The maximum Gasteiger partial charge on any atom is 0.230 e. The molecule has 1 N–H and O–H groups in total. The molecule has 1 aromatic carbocycles. The van der Waals surface area contributed by atoms with Gasteiger partial charge in [0.25, 0.3) is 0 Å². The number of ether oxygens (including phenoxy) is 2. The van der Waals surface area contributed by atoms with Gasteiger partial charge in [-0.15, -0.1) is 0 Å². The standard InChI is InChI=1S/C17H21N5O3/c23-14-3-1-13(2-4-14)15-18-16(21-5-9-24-10-6-21)20-17(19-15)22-7-11-25-12-8-22/h1-4,23H,5-12H2. The summed E-state index contributed by atoms with van der Waals surface area (Å²) in [6.45, 7) is 5.76. The fourth-order valence-corrected chi connectivity index (χ4v) is 2.90. The van der Waals surface area contributed by atoms with Crippen molar-refractivity contribution in [3.8, 4) is 17.1 Å². The number of morpholine rings is 2. The lowest BCUT2D eigenvalue weighted by atomic mass is 10.2. The minimum absolute atomic E-state index is 0.222. The second-order valence-corrected chi connectivity index (χ2v) is 6.00. The van der Waals surface area contributed by atoms with Crippen molar-refractivity contribution in [2.24, 2.45) is 0 Å². The van der Waals surface area contributed by atoms with Gasteiger partial charge < -0.3 is 24.4 Å². The van der Waals surface area contributed by atoms with Crippen molar-refractivity contribution < 1.29 is 14.6 Å². The van der Waals surface area contributed by atoms with Crippen LogP contribution in [-0.2, 0) is 9.47 Å². The first-order valence-electron chi connectivity index (χ1n) is 8.50. The number of aromatic nitrogens is 3. The van der Waals surface area contributed by atoms with Crippen LogP contribution in [0.2, 0.25) is 0 Å². The molecule has 0 saturated carbocycles. The summed E-state index contributed by atoms with van der Waals surface area (Å²) in [6, 6.07) is 6.91. The van der Waals surface area contributed by atoms with E-state index < -0.39 is 0 Å². The van der Waals surface area contributed by atoms with Gasteiger partial charge in [0.1, 0.15) is 5.75 Å². The molecule has 4 rings (SSSR count). The highest BCUT2D eigenvalue weighted by Gasteiger charge is 2.21. The molecule has 0 amide bonds. The smallest absolute Gasteiger partial charge is 0.230 e. The lowest BCUT2D eigenvalue weighted by Crippen LogP contribution is -2.40. The quantitative estimate of drug-likeness (QED) is 0.881. The van der Waals surface area contributed by atoms with Crippen molar-refractivity contribution in [2.75, 3.05) is 62.4 Å². The van der Waals surface area contributed by atoms with E-state index in [1.807, 2.05) is 12.1 Å². The normalized spacial score (nSPS) is 18.4. The van der Waals surface area contributed by atoms with Crippen LogP contribution >= 0.6 is 0 Å². The van der Waals surface area contributed by atoms with E-state index in [9.17, 15) is 5.11 Å². The molecule has 3 heterocycles. The molecule has 0 bridgehead atoms. The van der Waals surface area contributed by atoms with Crippen molar-refractivity contribution >= 4 is 11.9 Å². The molecule has 25 heavy (non-hydrogen) atoms. The Kier molecular flexibility index (Phi) is 4.62. The average Bonchev–Trinajstić information content (AvgIpc) is 2.69. The molecular weight excluding hydrogens is 322 g/mol. The predicted octanol–water partition coefficient (Wildman–Crippen LogP) is 0.917. The number of hydrogen-bond acceptors (Lipinski definition) is 8. The van der Waals surface area contributed by atoms with Gasteiger partial charge in [-0.25, -0.2) is 0 Å². The second kappa shape index (κ2) is 7.20. The van der Waals surface area contributed by atoms with Crippen molar-refractivity contribution in [3.05, 3.63) is 24.3 Å². The van der Waals surface area contributed by atoms with Crippen molar-refractivity contribution in [1.29, 1.82) is 0 Å². The summed E-state index contributed by atoms with van der Waals surface area (Å²) in [7, 11) is 0. The van der Waals surface area contributed by atoms with Gasteiger partial charge in [-0.3, -0.25) is 0 Å². The molecule has 132 valence electrons. The summed E-state index contributed by atoms with van der Waals surface area (Å²) in [5.41, 5.74) is 0.851. The summed E-state index contributed by atoms with van der Waals surface area (Å²) in [5.74, 6) is 2.17. The Bertz CT molecular complexity index is 676. The SMILES string of the molecule is Oc1ccc(-c2nc(N3CCOCC3)nc(N3CCOCC3)n2)cc1. The van der Waals surface area contributed by atoms with E-state index in [4.69, 9.17) is 14.5 Å². The molecular formula is C17H21N5O3. The first-order valence-corrected chi connectivity index (χ1v) is 8.50. The van der Waals surface area contributed by atoms with Crippen LogP contribution in [0.1, 0.15) is 0 Å². The van der Waals surface area contributed by atoms with E-state index in [1.165, 1.54) is 0 Å². The Balaban J connectivity index is 1.72. The molecule has 1 aromatic heterocycles. The van der Waals surface area contributed by atoms with Gasteiger partial charge in [-0.2, -0.15) is 15.0 Å². The number of hydrogen-bond donors (Lipinski definition) is 1. The van der Waals surface area contributed by atoms with E-state index in [-0.39, 0.29) is 5.75 Å². The third kappa shape index (κ3) is 3.64. The van der Waals surface area contributed by atoms with Crippen LogP contribution in [-0.4, -0.2) is 72.7 Å². The highest BCUT2D eigenvalue weighted by Crippen LogP contribution is 2.24. The average molecular weight is 343 g/mol. The summed E-state index contributed by atoms with van der Waals surface area (Å²) in [5, 5.41) is 9.52. The summed E-state index contributed by atoms with van der Waals surface area (Å²) in [6.07, 6.45) is 0. The molecule has 0 unspecified atom stereocenters. The first kappa shape index (κ1) is 16.0. The molecule has 0 radical (unpaired) electrons. The molecule has 8 heteroatoms. The maximum absolute atomic E-state index is 9.52. The van der Waals surface area contributed by atoms with E-state index in [1.54, 1.807) is 12.1 Å². The zero-order valence-electron chi connectivity index (χ0n) is 14.0. The second-order valence-electron chi connectivity index (χ2n) is 6.00. The Morgan fingerprint density at radius 2 is 1.20 bits per heavy atom. The molecule has 2 fully saturated rings. The number of rotatable bonds is 3. The van der Waals surface area contributed by atoms with Gasteiger partial charge in [-0.05, 0) is 24.3 Å². The Morgan fingerprint density at radius 1 is 0.720 bits per heavy atom. The predicted molar refractivity (Wildman–Crippen MR) is 93.0 cm³/mol. The Morgan fingerprint density at radius 3 is 1.68 bits per heavy atom. The number of anilines is 2. The summed E-state index contributed by atoms with van der Waals surface area (Å²) in [4.78, 5) is 18.3. The summed E-state index contributed by atoms with van der Waals surface area (Å²) >= 11 is 0. The van der Waals surface area contributed by atoms with E-state index in [0.29, 0.717) is 44.1 Å². The highest BCUT2D eigenvalue weighted by molar-refractivity contribution is 5.59. The van der Waals surface area contributed by atoms with Crippen molar-refractivity contribution in [3.63, 3.8) is 0 Å². The number of nitrogens with zero attached hydrogens (tertiary/aromatic N) is 5. The lowest BCUT2D eigenvalue weighted by molar-refractivity contribution is 0.121. The third-order valence-electron chi connectivity index (χ3n) is 4.33. The molecule has 2 saturated heterocycles. The van der Waals surface area contributed by atoms with Gasteiger partial charge >= 0.3 is 0 Å². The van der Waals surface area contributed by atoms with Crippen LogP contribution in [0.5, 0.6) is 5.75 Å². The minimum Gasteiger partial charge on any atom is -0.508 e. The topological polar surface area (TPSA) is 83.8 Å². The van der Waals surface area contributed by atoms with Crippen LogP contribution in [0.4, 0.5) is 11.9 Å². The van der Waals surface area contributed by atoms with E-state index >= 15 is 0 Å². The van der Waals surface area contributed by atoms with Crippen LogP contribution in [0.3, 0.4) is 0 Å². The molecule has 2 aliphatic rings. The van der Waals surface area contributed by atoms with Gasteiger partial charge in [0.15, 0.2) is 5.82 Å². The monoisotopic (exact) mass is 343 g/mol. The number of benzene rings is 1. The molecule has 2 aliphatic heterocycles. The number of phenolic OH excluding ortho intramolecular Hbond substituents is 1. The molecule has 0 atom stereocenters. The minimum atomic E-state index is 0.222. The largest absolute Gasteiger partial charge is 0.508 e. The highest BCUT2D eigenvalue weighted by atomic mass is 16.5. The summed E-state index contributed by atoms with van der Waals surface area (Å²) < 4.78 is 10.9. The molecule has 0 aliphatic carbocycles. The van der Waals surface area contributed by atoms with Gasteiger partial charge in [0.2, 0.25) is 11.9 Å². The number of aromatic hydroxyl groups is 1. The van der Waals surface area contributed by atoms with Crippen LogP contribution in [0.25, 0.3) is 11.4 Å². The van der Waals surface area contributed by atoms with Crippen molar-refractivity contribution in [1.82, 2.24) is 15.0 Å². The van der Waals surface area contributed by atoms with Gasteiger partial charge in [0, 0.05) is 31.7 Å². The van der Waals surface area contributed by atoms with Crippen LogP contribution in [0.15, 0.2) is 24.3 Å². The Labute approximate surface area is 146 Å². The lowest BCUT2D eigenvalue weighted by Gasteiger charge is -2.30. The molecule has 0 spiro atoms. The fourth-order valence-electron chi connectivity index (χ4n) is 2.90. The maximum atomic E-state index is 9.52. The first-order chi connectivity index (χ1) is 12.3. The fraction of sp³-hybridized carbons (Fsp3) is 0.471. The third-order valence-corrected chi connectivity index (χ3v) is 4.33. The number of phenols is 1. The van der Waals surface area contributed by atoms with Crippen LogP contribution in [0, 0.1) is 0 Å². The van der Waals surface area contributed by atoms with Crippen LogP contribution < -0.4 is 9.80 Å². The van der Waals surface area contributed by atoms with Crippen molar-refractivity contribution in [2.45, 2.75) is 0 Å². The van der Waals surface area contributed by atoms with Gasteiger partial charge in [-0.1, -0.05) is 0 Å². The molecule has 8 nitrogen and oxygen atoms in total.